The van der Waals surface area contributed by atoms with E-state index in [1.54, 1.807) is 18.5 Å². The van der Waals surface area contributed by atoms with Gasteiger partial charge in [-0.1, -0.05) is 0 Å². The molecule has 3 aromatic rings. The molecule has 21 heavy (non-hydrogen) atoms. The normalized spacial score (nSPS) is 12.0. The van der Waals surface area contributed by atoms with Crippen LogP contribution < -0.4 is 5.32 Å². The zero-order valence-corrected chi connectivity index (χ0v) is 11.4. The zero-order valence-electron chi connectivity index (χ0n) is 11.4. The molecule has 3 rings (SSSR count). The van der Waals surface area contributed by atoms with Crippen molar-refractivity contribution in [1.82, 2.24) is 20.3 Å². The van der Waals surface area contributed by atoms with Gasteiger partial charge in [0.05, 0.1) is 23.8 Å². The molecule has 3 N–H and O–H groups in total. The van der Waals surface area contributed by atoms with Crippen LogP contribution in [0.5, 0.6) is 0 Å². The summed E-state index contributed by atoms with van der Waals surface area (Å²) in [6.45, 7) is 2.33. The lowest BCUT2D eigenvalue weighted by atomic mass is 10.2. The van der Waals surface area contributed by atoms with Crippen molar-refractivity contribution in [3.05, 3.63) is 47.8 Å². The number of fused-ring (bicyclic) bond motifs is 3. The van der Waals surface area contributed by atoms with Gasteiger partial charge in [-0.3, -0.25) is 4.98 Å². The summed E-state index contributed by atoms with van der Waals surface area (Å²) in [4.78, 5) is 11.9. The second-order valence-electron chi connectivity index (χ2n) is 4.78. The second kappa shape index (κ2) is 5.32. The van der Waals surface area contributed by atoms with Gasteiger partial charge in [0.2, 0.25) is 0 Å². The summed E-state index contributed by atoms with van der Waals surface area (Å²) in [7, 11) is 0. The molecule has 5 nitrogen and oxygen atoms in total. The van der Waals surface area contributed by atoms with Crippen LogP contribution >= 0.6 is 0 Å². The Balaban J connectivity index is 1.98. The summed E-state index contributed by atoms with van der Waals surface area (Å²) >= 11 is 0. The largest absolute Gasteiger partial charge is 0.383 e. The van der Waals surface area contributed by atoms with E-state index in [0.29, 0.717) is 12.1 Å². The quantitative estimate of drug-likeness (QED) is 0.644. The average Bonchev–Trinajstić information content (AvgIpc) is 2.90. The molecule has 1 aromatic carbocycles. The number of imidazole rings is 1. The first kappa shape index (κ1) is 13.2. The number of nitrogens with one attached hydrogen (secondary N) is 3. The van der Waals surface area contributed by atoms with Crippen LogP contribution in [0.15, 0.2) is 36.2 Å². The maximum absolute atomic E-state index is 13.4. The highest BCUT2D eigenvalue weighted by molar-refractivity contribution is 6.01. The lowest BCUT2D eigenvalue weighted by Gasteiger charge is -1.98. The summed E-state index contributed by atoms with van der Waals surface area (Å²) < 4.78 is 13.4. The Morgan fingerprint density at radius 3 is 3.10 bits per heavy atom. The van der Waals surface area contributed by atoms with E-state index in [2.05, 4.69) is 20.3 Å². The number of H-pyrrole nitrogens is 1. The monoisotopic (exact) mass is 283 g/mol. The fraction of sp³-hybridized carbons (Fsp3) is 0.133. The predicted octanol–water partition coefficient (Wildman–Crippen LogP) is 2.89. The predicted molar refractivity (Wildman–Crippen MR) is 80.7 cm³/mol. The van der Waals surface area contributed by atoms with E-state index in [-0.39, 0.29) is 5.82 Å². The minimum Gasteiger partial charge on any atom is -0.383 e. The Morgan fingerprint density at radius 1 is 1.43 bits per heavy atom. The van der Waals surface area contributed by atoms with E-state index in [1.165, 1.54) is 18.3 Å². The average molecular weight is 283 g/mol. The van der Waals surface area contributed by atoms with Gasteiger partial charge in [-0.25, -0.2) is 9.37 Å². The summed E-state index contributed by atoms with van der Waals surface area (Å²) in [6.07, 6.45) is 4.69. The van der Waals surface area contributed by atoms with E-state index < -0.39 is 0 Å². The van der Waals surface area contributed by atoms with E-state index in [0.717, 1.165) is 27.8 Å². The first-order valence-electron chi connectivity index (χ1n) is 6.51. The van der Waals surface area contributed by atoms with Crippen LogP contribution in [0, 0.1) is 11.2 Å². The molecular weight excluding hydrogens is 269 g/mol. The van der Waals surface area contributed by atoms with Crippen molar-refractivity contribution in [3.8, 4) is 0 Å². The van der Waals surface area contributed by atoms with Gasteiger partial charge in [-0.2, -0.15) is 0 Å². The van der Waals surface area contributed by atoms with Crippen LogP contribution in [0.1, 0.15) is 12.7 Å². The third-order valence-corrected chi connectivity index (χ3v) is 3.16. The smallest absolute Gasteiger partial charge is 0.126 e. The Hall–Kier alpha value is -2.76. The molecule has 2 aromatic heterocycles. The van der Waals surface area contributed by atoms with Crippen molar-refractivity contribution < 1.29 is 4.39 Å². The third kappa shape index (κ3) is 2.60. The highest BCUT2D eigenvalue weighted by Gasteiger charge is 2.08. The van der Waals surface area contributed by atoms with Crippen LogP contribution in [0.25, 0.3) is 21.9 Å². The van der Waals surface area contributed by atoms with Crippen LogP contribution in [0.4, 0.5) is 4.39 Å². The number of hydrogen-bond acceptors (Lipinski definition) is 4. The molecule has 0 bridgehead atoms. The number of benzene rings is 1. The highest BCUT2D eigenvalue weighted by atomic mass is 19.1. The molecule has 0 radical (unpaired) electrons. The van der Waals surface area contributed by atoms with Crippen LogP contribution in [-0.4, -0.2) is 21.2 Å². The van der Waals surface area contributed by atoms with Gasteiger partial charge in [0.15, 0.2) is 0 Å². The van der Waals surface area contributed by atoms with Crippen molar-refractivity contribution in [1.29, 1.82) is 5.41 Å². The van der Waals surface area contributed by atoms with Gasteiger partial charge in [-0.05, 0) is 30.7 Å². The number of aromatic nitrogens is 3. The van der Waals surface area contributed by atoms with E-state index in [9.17, 15) is 4.39 Å². The lowest BCUT2D eigenvalue weighted by Crippen LogP contribution is -2.07. The van der Waals surface area contributed by atoms with Gasteiger partial charge >= 0.3 is 0 Å². The van der Waals surface area contributed by atoms with Gasteiger partial charge in [-0.15, -0.1) is 0 Å². The molecule has 0 atom stereocenters. The Morgan fingerprint density at radius 2 is 2.29 bits per heavy atom. The maximum atomic E-state index is 13.4. The van der Waals surface area contributed by atoms with Crippen LogP contribution in [-0.2, 0) is 6.54 Å². The zero-order chi connectivity index (χ0) is 14.8. The number of hydrogen-bond donors (Lipinski definition) is 3. The second-order valence-corrected chi connectivity index (χ2v) is 4.78. The molecule has 0 aliphatic heterocycles. The van der Waals surface area contributed by atoms with Crippen molar-refractivity contribution in [3.63, 3.8) is 0 Å². The number of halogens is 1. The van der Waals surface area contributed by atoms with E-state index in [4.69, 9.17) is 5.41 Å². The molecule has 0 unspecified atom stereocenters. The molecule has 0 fully saturated rings. The minimum absolute atomic E-state index is 0.296. The van der Waals surface area contributed by atoms with Crippen molar-refractivity contribution >= 4 is 28.2 Å². The fourth-order valence-electron chi connectivity index (χ4n) is 2.12. The van der Waals surface area contributed by atoms with Gasteiger partial charge in [0, 0.05) is 17.8 Å². The maximum Gasteiger partial charge on any atom is 0.126 e. The molecular formula is C15H14FN5. The van der Waals surface area contributed by atoms with E-state index in [1.807, 2.05) is 6.92 Å². The molecule has 0 aliphatic rings. The number of allylic oxidation sites excluding steroid dienone is 1. The van der Waals surface area contributed by atoms with Crippen molar-refractivity contribution in [2.75, 3.05) is 0 Å². The lowest BCUT2D eigenvalue weighted by molar-refractivity contribution is 0.629. The van der Waals surface area contributed by atoms with Gasteiger partial charge in [0.1, 0.15) is 17.2 Å². The number of aromatic amines is 1. The Labute approximate surface area is 120 Å². The SMILES string of the molecule is C/C(C=N)=C/NCc1nc2cnc3ccc(F)cc3c2[nH]1. The van der Waals surface area contributed by atoms with Gasteiger partial charge in [0.25, 0.3) is 0 Å². The summed E-state index contributed by atoms with van der Waals surface area (Å²) in [5.74, 6) is 0.438. The number of pyridine rings is 1. The first-order valence-corrected chi connectivity index (χ1v) is 6.51. The fourth-order valence-corrected chi connectivity index (χ4v) is 2.12. The van der Waals surface area contributed by atoms with Crippen molar-refractivity contribution in [2.45, 2.75) is 13.5 Å². The summed E-state index contributed by atoms with van der Waals surface area (Å²) in [5.41, 5.74) is 3.04. The molecule has 0 aliphatic carbocycles. The third-order valence-electron chi connectivity index (χ3n) is 3.16. The Kier molecular flexibility index (Phi) is 3.35. The highest BCUT2D eigenvalue weighted by Crippen LogP contribution is 2.22. The molecule has 0 spiro atoms. The summed E-state index contributed by atoms with van der Waals surface area (Å²) in [6, 6.07) is 4.50. The molecule has 106 valence electrons. The molecule has 0 saturated carbocycles. The molecule has 6 heteroatoms. The standard InChI is InChI=1S/C15H14FN5/c1-9(5-17)6-18-8-14-20-13-7-19-12-3-2-10(16)4-11(12)15(13)21-14/h2-7,17-18H,8H2,1H3,(H,20,21)/b9-6-,17-5?. The molecule has 0 saturated heterocycles. The van der Waals surface area contributed by atoms with Crippen molar-refractivity contribution in [2.24, 2.45) is 0 Å². The van der Waals surface area contributed by atoms with Crippen LogP contribution in [0.3, 0.4) is 0 Å². The van der Waals surface area contributed by atoms with E-state index >= 15 is 0 Å². The first-order chi connectivity index (χ1) is 10.2. The number of nitrogens with zero attached hydrogens (tertiary/aromatic N) is 2. The number of rotatable bonds is 4. The topological polar surface area (TPSA) is 77.5 Å². The molecule has 2 heterocycles. The minimum atomic E-state index is -0.296. The van der Waals surface area contributed by atoms with Crippen LogP contribution in [0.2, 0.25) is 0 Å². The van der Waals surface area contributed by atoms with Gasteiger partial charge < -0.3 is 15.7 Å². The summed E-state index contributed by atoms with van der Waals surface area (Å²) in [5, 5.41) is 10.9. The molecule has 0 amide bonds. The Bertz CT molecular complexity index is 850.